The molecule has 5 rings (SSSR count). The molecule has 1 fully saturated rings. The molecule has 0 aromatic heterocycles. The van der Waals surface area contributed by atoms with Crippen molar-refractivity contribution in [3.63, 3.8) is 0 Å². The molecule has 1 amide bonds. The molecule has 2 aliphatic heterocycles. The molecule has 6 nitrogen and oxygen atoms in total. The van der Waals surface area contributed by atoms with Crippen molar-refractivity contribution in [2.75, 3.05) is 39.8 Å². The van der Waals surface area contributed by atoms with Crippen LogP contribution in [0.3, 0.4) is 0 Å². The first-order valence-electron chi connectivity index (χ1n) is 13.1. The third-order valence-electron chi connectivity index (χ3n) is 7.44. The number of methoxy groups -OCH3 is 1. The molecule has 0 bridgehead atoms. The number of rotatable bonds is 7. The average Bonchev–Trinajstić information content (AvgIpc) is 3.37. The van der Waals surface area contributed by atoms with Crippen molar-refractivity contribution in [3.8, 4) is 5.75 Å². The highest BCUT2D eigenvalue weighted by atomic mass is 16.5. The average molecular weight is 497 g/mol. The second kappa shape index (κ2) is 11.3. The zero-order valence-corrected chi connectivity index (χ0v) is 22.1. The van der Waals surface area contributed by atoms with Gasteiger partial charge in [-0.25, -0.2) is 5.01 Å². The Bertz CT molecular complexity index is 1250. The molecule has 3 aromatic carbocycles. The van der Waals surface area contributed by atoms with E-state index in [0.29, 0.717) is 13.0 Å². The lowest BCUT2D eigenvalue weighted by molar-refractivity contribution is -0.134. The third-order valence-corrected chi connectivity index (χ3v) is 7.44. The number of hydrogen-bond acceptors (Lipinski definition) is 5. The number of carbonyl (C=O) groups is 1. The van der Waals surface area contributed by atoms with E-state index in [9.17, 15) is 4.79 Å². The number of piperazine rings is 1. The fourth-order valence-electron chi connectivity index (χ4n) is 5.25. The summed E-state index contributed by atoms with van der Waals surface area (Å²) in [6.07, 6.45) is 0.702. The van der Waals surface area contributed by atoms with E-state index in [1.54, 1.807) is 12.1 Å². The Kier molecular flexibility index (Phi) is 7.68. The molecule has 2 aliphatic rings. The Morgan fingerprint density at radius 2 is 1.62 bits per heavy atom. The van der Waals surface area contributed by atoms with Crippen LogP contribution in [-0.2, 0) is 11.3 Å². The van der Waals surface area contributed by atoms with Crippen molar-refractivity contribution in [2.24, 2.45) is 5.10 Å². The molecule has 1 unspecified atom stereocenters. The molecule has 1 saturated heterocycles. The Balaban J connectivity index is 1.30. The summed E-state index contributed by atoms with van der Waals surface area (Å²) in [6, 6.07) is 24.9. The van der Waals surface area contributed by atoms with E-state index in [2.05, 4.69) is 72.2 Å². The minimum absolute atomic E-state index is 0.0534. The summed E-state index contributed by atoms with van der Waals surface area (Å²) in [4.78, 5) is 18.4. The summed E-state index contributed by atoms with van der Waals surface area (Å²) in [7, 11) is 1.67. The maximum absolute atomic E-state index is 13.7. The maximum Gasteiger partial charge on any atom is 0.257 e. The summed E-state index contributed by atoms with van der Waals surface area (Å²) in [6.45, 7) is 9.23. The lowest BCUT2D eigenvalue weighted by Gasteiger charge is -2.35. The molecular weight excluding hydrogens is 460 g/mol. The first-order valence-corrected chi connectivity index (χ1v) is 13.1. The van der Waals surface area contributed by atoms with Gasteiger partial charge in [0.1, 0.15) is 5.75 Å². The van der Waals surface area contributed by atoms with Crippen molar-refractivity contribution in [1.29, 1.82) is 0 Å². The summed E-state index contributed by atoms with van der Waals surface area (Å²) < 4.78 is 5.35. The van der Waals surface area contributed by atoms with Gasteiger partial charge >= 0.3 is 0 Å². The summed E-state index contributed by atoms with van der Waals surface area (Å²) in [5.41, 5.74) is 6.89. The van der Waals surface area contributed by atoms with Gasteiger partial charge in [0, 0.05) is 44.7 Å². The molecular formula is C31H36N4O2. The van der Waals surface area contributed by atoms with Gasteiger partial charge in [0.05, 0.1) is 25.4 Å². The number of aryl methyl sites for hydroxylation is 2. The highest BCUT2D eigenvalue weighted by molar-refractivity contribution is 6.04. The molecule has 0 radical (unpaired) electrons. The van der Waals surface area contributed by atoms with E-state index in [-0.39, 0.29) is 11.9 Å². The van der Waals surface area contributed by atoms with E-state index in [4.69, 9.17) is 9.84 Å². The van der Waals surface area contributed by atoms with Crippen LogP contribution in [0, 0.1) is 13.8 Å². The number of nitrogens with zero attached hydrogens (tertiary/aromatic N) is 4. The first kappa shape index (κ1) is 25.2. The molecule has 0 aliphatic carbocycles. The zero-order valence-electron chi connectivity index (χ0n) is 22.1. The number of amides is 1. The topological polar surface area (TPSA) is 48.4 Å². The predicted octanol–water partition coefficient (Wildman–Crippen LogP) is 4.81. The SMILES string of the molecule is COc1ccc(C2CC(c3cc(C)ccc3C)=NN2C(=O)CN2CCN(Cc3ccccc3)CC2)cc1. The standard InChI is InChI=1S/C31H36N4O2/c1-23-9-10-24(2)28(19-23)29-20-30(26-11-13-27(37-3)14-12-26)35(32-29)31(36)22-34-17-15-33(16-18-34)21-25-7-5-4-6-8-25/h4-14,19,30H,15-18,20-22H2,1-3H3. The van der Waals surface area contributed by atoms with Crippen LogP contribution < -0.4 is 4.74 Å². The van der Waals surface area contributed by atoms with E-state index >= 15 is 0 Å². The predicted molar refractivity (Wildman–Crippen MR) is 148 cm³/mol. The van der Waals surface area contributed by atoms with E-state index in [1.165, 1.54) is 16.7 Å². The molecule has 0 N–H and O–H groups in total. The molecule has 0 spiro atoms. The smallest absolute Gasteiger partial charge is 0.257 e. The molecule has 1 atom stereocenters. The van der Waals surface area contributed by atoms with Crippen molar-refractivity contribution >= 4 is 11.6 Å². The molecule has 2 heterocycles. The van der Waals surface area contributed by atoms with Crippen LogP contribution in [0.15, 0.2) is 77.9 Å². The van der Waals surface area contributed by atoms with E-state index < -0.39 is 0 Å². The van der Waals surface area contributed by atoms with Crippen molar-refractivity contribution in [1.82, 2.24) is 14.8 Å². The quantitative estimate of drug-likeness (QED) is 0.471. The van der Waals surface area contributed by atoms with Crippen LogP contribution in [-0.4, -0.2) is 66.3 Å². The van der Waals surface area contributed by atoms with Gasteiger partial charge in [0.2, 0.25) is 0 Å². The maximum atomic E-state index is 13.7. The fourth-order valence-corrected chi connectivity index (χ4v) is 5.25. The fraction of sp³-hybridized carbons (Fsp3) is 0.355. The van der Waals surface area contributed by atoms with Gasteiger partial charge in [0.15, 0.2) is 0 Å². The Hall–Kier alpha value is -3.48. The molecule has 192 valence electrons. The van der Waals surface area contributed by atoms with Crippen molar-refractivity contribution < 1.29 is 9.53 Å². The third kappa shape index (κ3) is 5.92. The van der Waals surface area contributed by atoms with Gasteiger partial charge in [-0.05, 0) is 48.7 Å². The van der Waals surface area contributed by atoms with Gasteiger partial charge in [-0.1, -0.05) is 60.2 Å². The number of hydrogen-bond donors (Lipinski definition) is 0. The second-order valence-electron chi connectivity index (χ2n) is 10.1. The van der Waals surface area contributed by atoms with Gasteiger partial charge in [-0.15, -0.1) is 0 Å². The van der Waals surface area contributed by atoms with Crippen LogP contribution in [0.1, 0.15) is 40.3 Å². The summed E-state index contributed by atoms with van der Waals surface area (Å²) in [5, 5.41) is 6.66. The zero-order chi connectivity index (χ0) is 25.8. The van der Waals surface area contributed by atoms with Crippen LogP contribution in [0.5, 0.6) is 5.75 Å². The van der Waals surface area contributed by atoms with Gasteiger partial charge in [-0.2, -0.15) is 5.10 Å². The highest BCUT2D eigenvalue weighted by Gasteiger charge is 2.34. The Morgan fingerprint density at radius 1 is 0.919 bits per heavy atom. The van der Waals surface area contributed by atoms with Crippen molar-refractivity contribution in [3.05, 3.63) is 101 Å². The largest absolute Gasteiger partial charge is 0.497 e. The van der Waals surface area contributed by atoms with Crippen molar-refractivity contribution in [2.45, 2.75) is 32.9 Å². The summed E-state index contributed by atoms with van der Waals surface area (Å²) in [5.74, 6) is 0.862. The number of benzene rings is 3. The van der Waals surface area contributed by atoms with Gasteiger partial charge < -0.3 is 4.74 Å². The van der Waals surface area contributed by atoms with Gasteiger partial charge in [0.25, 0.3) is 5.91 Å². The molecule has 37 heavy (non-hydrogen) atoms. The number of carbonyl (C=O) groups excluding carboxylic acids is 1. The minimum atomic E-state index is -0.118. The molecule has 6 heteroatoms. The Morgan fingerprint density at radius 3 is 2.32 bits per heavy atom. The lowest BCUT2D eigenvalue weighted by atomic mass is 9.95. The first-order chi connectivity index (χ1) is 18.0. The second-order valence-corrected chi connectivity index (χ2v) is 10.1. The van der Waals surface area contributed by atoms with Gasteiger partial charge in [-0.3, -0.25) is 14.6 Å². The van der Waals surface area contributed by atoms with E-state index in [1.807, 2.05) is 24.3 Å². The number of ether oxygens (including phenoxy) is 1. The monoisotopic (exact) mass is 496 g/mol. The molecule has 3 aromatic rings. The van der Waals surface area contributed by atoms with Crippen LogP contribution in [0.4, 0.5) is 0 Å². The molecule has 0 saturated carbocycles. The van der Waals surface area contributed by atoms with Crippen LogP contribution >= 0.6 is 0 Å². The Labute approximate surface area is 220 Å². The highest BCUT2D eigenvalue weighted by Crippen LogP contribution is 2.34. The minimum Gasteiger partial charge on any atom is -0.497 e. The van der Waals surface area contributed by atoms with Crippen LogP contribution in [0.2, 0.25) is 0 Å². The van der Waals surface area contributed by atoms with E-state index in [0.717, 1.165) is 55.3 Å². The van der Waals surface area contributed by atoms with Crippen LogP contribution in [0.25, 0.3) is 0 Å². The number of hydrazone groups is 1. The summed E-state index contributed by atoms with van der Waals surface area (Å²) >= 11 is 0. The lowest BCUT2D eigenvalue weighted by Crippen LogP contribution is -2.49. The normalized spacial score (nSPS) is 18.6.